The lowest BCUT2D eigenvalue weighted by Gasteiger charge is -2.35. The zero-order valence-corrected chi connectivity index (χ0v) is 14.7. The molecule has 0 radical (unpaired) electrons. The summed E-state index contributed by atoms with van der Waals surface area (Å²) in [6.07, 6.45) is 0. The molecule has 0 bridgehead atoms. The Morgan fingerprint density at radius 2 is 1.83 bits per heavy atom. The van der Waals surface area contributed by atoms with Crippen LogP contribution in [-0.4, -0.2) is 38.2 Å². The van der Waals surface area contributed by atoms with E-state index in [1.54, 1.807) is 7.11 Å². The summed E-state index contributed by atoms with van der Waals surface area (Å²) in [7, 11) is 1.72. The van der Waals surface area contributed by atoms with Crippen LogP contribution in [0.2, 0.25) is 0 Å². The Morgan fingerprint density at radius 1 is 1.04 bits per heavy atom. The quantitative estimate of drug-likeness (QED) is 0.781. The van der Waals surface area contributed by atoms with Crippen LogP contribution in [0.1, 0.15) is 16.5 Å². The number of benzene rings is 2. The van der Waals surface area contributed by atoms with Gasteiger partial charge >= 0.3 is 0 Å². The number of nitrogens with zero attached hydrogens (tertiary/aromatic N) is 1. The van der Waals surface area contributed by atoms with Crippen LogP contribution in [0.25, 0.3) is 10.8 Å². The van der Waals surface area contributed by atoms with Crippen molar-refractivity contribution >= 4 is 22.1 Å². The van der Waals surface area contributed by atoms with Gasteiger partial charge in [0, 0.05) is 31.1 Å². The molecule has 0 saturated carbocycles. The van der Waals surface area contributed by atoms with Crippen LogP contribution in [0.5, 0.6) is 5.75 Å². The van der Waals surface area contributed by atoms with Crippen molar-refractivity contribution in [3.8, 4) is 5.75 Å². The van der Waals surface area contributed by atoms with Crippen LogP contribution in [0.4, 0.5) is 0 Å². The summed E-state index contributed by atoms with van der Waals surface area (Å²) in [5.41, 5.74) is 1.37. The number of piperazine rings is 1. The van der Waals surface area contributed by atoms with Crippen molar-refractivity contribution in [2.24, 2.45) is 0 Å². The van der Waals surface area contributed by atoms with Crippen molar-refractivity contribution < 1.29 is 4.74 Å². The van der Waals surface area contributed by atoms with Gasteiger partial charge in [-0.3, -0.25) is 4.90 Å². The maximum absolute atomic E-state index is 5.34. The molecule has 2 aromatic carbocycles. The van der Waals surface area contributed by atoms with Gasteiger partial charge in [-0.2, -0.15) is 0 Å². The van der Waals surface area contributed by atoms with Crippen molar-refractivity contribution in [2.75, 3.05) is 33.3 Å². The Balaban J connectivity index is 1.75. The minimum Gasteiger partial charge on any atom is -0.497 e. The van der Waals surface area contributed by atoms with E-state index in [4.69, 9.17) is 4.74 Å². The maximum atomic E-state index is 5.34. The summed E-state index contributed by atoms with van der Waals surface area (Å²) in [5, 5.41) is 8.13. The molecule has 3 aromatic rings. The normalized spacial score (nSPS) is 17.0. The molecular formula is C20H22N2OS. The molecule has 4 rings (SSSR count). The van der Waals surface area contributed by atoms with Gasteiger partial charge in [-0.15, -0.1) is 11.3 Å². The standard InChI is InChI=1S/C20H22N2OS/c1-23-18-7-6-15-13-17(5-4-16(15)14-18)20(19-3-2-12-24-19)22-10-8-21-9-11-22/h2-7,12-14,20-21H,8-11H2,1H3/t20-/m1/s1. The van der Waals surface area contributed by atoms with Gasteiger partial charge < -0.3 is 10.1 Å². The highest BCUT2D eigenvalue weighted by Crippen LogP contribution is 2.34. The van der Waals surface area contributed by atoms with E-state index in [9.17, 15) is 0 Å². The number of thiophene rings is 1. The van der Waals surface area contributed by atoms with Crippen LogP contribution in [-0.2, 0) is 0 Å². The molecular weight excluding hydrogens is 316 g/mol. The predicted octanol–water partition coefficient (Wildman–Crippen LogP) is 3.90. The Kier molecular flexibility index (Phi) is 4.52. The molecule has 124 valence electrons. The fourth-order valence-electron chi connectivity index (χ4n) is 3.48. The summed E-state index contributed by atoms with van der Waals surface area (Å²) in [4.78, 5) is 4.01. The minimum atomic E-state index is 0.346. The molecule has 3 nitrogen and oxygen atoms in total. The maximum Gasteiger partial charge on any atom is 0.119 e. The first-order valence-corrected chi connectivity index (χ1v) is 9.29. The van der Waals surface area contributed by atoms with Crippen LogP contribution in [0.15, 0.2) is 53.9 Å². The molecule has 2 heterocycles. The molecule has 1 N–H and O–H groups in total. The largest absolute Gasteiger partial charge is 0.497 e. The summed E-state index contributed by atoms with van der Waals surface area (Å²) in [6.45, 7) is 4.30. The van der Waals surface area contributed by atoms with Gasteiger partial charge in [-0.1, -0.05) is 24.3 Å². The summed E-state index contributed by atoms with van der Waals surface area (Å²) in [6, 6.07) is 17.9. The van der Waals surface area contributed by atoms with E-state index in [0.717, 1.165) is 31.9 Å². The van der Waals surface area contributed by atoms with Crippen molar-refractivity contribution in [1.82, 2.24) is 10.2 Å². The van der Waals surface area contributed by atoms with Gasteiger partial charge in [0.05, 0.1) is 13.2 Å². The van der Waals surface area contributed by atoms with Gasteiger partial charge in [-0.05, 0) is 46.0 Å². The highest BCUT2D eigenvalue weighted by molar-refractivity contribution is 7.10. The first-order chi connectivity index (χ1) is 11.8. The number of ether oxygens (including phenoxy) is 1. The molecule has 1 fully saturated rings. The zero-order valence-electron chi connectivity index (χ0n) is 13.9. The molecule has 4 heteroatoms. The van der Waals surface area contributed by atoms with Gasteiger partial charge in [0.1, 0.15) is 5.75 Å². The van der Waals surface area contributed by atoms with Gasteiger partial charge in [-0.25, -0.2) is 0 Å². The molecule has 1 atom stereocenters. The SMILES string of the molecule is COc1ccc2cc([C@H](c3cccs3)N3CCNCC3)ccc2c1. The molecule has 0 aliphatic carbocycles. The Morgan fingerprint density at radius 3 is 2.58 bits per heavy atom. The highest BCUT2D eigenvalue weighted by Gasteiger charge is 2.24. The topological polar surface area (TPSA) is 24.5 Å². The van der Waals surface area contributed by atoms with Crippen molar-refractivity contribution in [3.63, 3.8) is 0 Å². The van der Waals surface area contributed by atoms with E-state index in [2.05, 4.69) is 58.1 Å². The third-order valence-electron chi connectivity index (χ3n) is 4.72. The first-order valence-electron chi connectivity index (χ1n) is 8.41. The highest BCUT2D eigenvalue weighted by atomic mass is 32.1. The fourth-order valence-corrected chi connectivity index (χ4v) is 4.37. The summed E-state index contributed by atoms with van der Waals surface area (Å²) in [5.74, 6) is 0.909. The Labute approximate surface area is 146 Å². The second-order valence-electron chi connectivity index (χ2n) is 6.18. The first kappa shape index (κ1) is 15.6. The third kappa shape index (κ3) is 3.05. The zero-order chi connectivity index (χ0) is 16.4. The summed E-state index contributed by atoms with van der Waals surface area (Å²) >= 11 is 1.85. The monoisotopic (exact) mass is 338 g/mol. The van der Waals surface area contributed by atoms with E-state index in [0.29, 0.717) is 6.04 Å². The molecule has 0 spiro atoms. The fraction of sp³-hybridized carbons (Fsp3) is 0.300. The molecule has 1 saturated heterocycles. The van der Waals surface area contributed by atoms with E-state index >= 15 is 0 Å². The number of hydrogen-bond donors (Lipinski definition) is 1. The predicted molar refractivity (Wildman–Crippen MR) is 101 cm³/mol. The lowest BCUT2D eigenvalue weighted by atomic mass is 9.99. The van der Waals surface area contributed by atoms with E-state index in [-0.39, 0.29) is 0 Å². The van der Waals surface area contributed by atoms with Gasteiger partial charge in [0.25, 0.3) is 0 Å². The van der Waals surface area contributed by atoms with Crippen molar-refractivity contribution in [1.29, 1.82) is 0 Å². The molecule has 1 aromatic heterocycles. The van der Waals surface area contributed by atoms with E-state index in [1.807, 2.05) is 17.4 Å². The molecule has 0 amide bonds. The Bertz CT molecular complexity index is 810. The van der Waals surface area contributed by atoms with Crippen molar-refractivity contribution in [2.45, 2.75) is 6.04 Å². The molecule has 24 heavy (non-hydrogen) atoms. The van der Waals surface area contributed by atoms with Gasteiger partial charge in [0.2, 0.25) is 0 Å². The molecule has 1 aliphatic heterocycles. The van der Waals surface area contributed by atoms with Crippen LogP contribution in [0, 0.1) is 0 Å². The average Bonchev–Trinajstić information content (AvgIpc) is 3.16. The number of hydrogen-bond acceptors (Lipinski definition) is 4. The van der Waals surface area contributed by atoms with Crippen LogP contribution in [0.3, 0.4) is 0 Å². The minimum absolute atomic E-state index is 0.346. The lowest BCUT2D eigenvalue weighted by molar-refractivity contribution is 0.201. The van der Waals surface area contributed by atoms with E-state index in [1.165, 1.54) is 21.2 Å². The number of nitrogens with one attached hydrogen (secondary N) is 1. The van der Waals surface area contributed by atoms with Gasteiger partial charge in [0.15, 0.2) is 0 Å². The van der Waals surface area contributed by atoms with Crippen molar-refractivity contribution in [3.05, 3.63) is 64.4 Å². The van der Waals surface area contributed by atoms with Crippen LogP contribution >= 0.6 is 11.3 Å². The Hall–Kier alpha value is -1.88. The summed E-state index contributed by atoms with van der Waals surface area (Å²) < 4.78 is 5.34. The van der Waals surface area contributed by atoms with Crippen LogP contribution < -0.4 is 10.1 Å². The van der Waals surface area contributed by atoms with E-state index < -0.39 is 0 Å². The lowest BCUT2D eigenvalue weighted by Crippen LogP contribution is -2.45. The number of rotatable bonds is 4. The number of methoxy groups -OCH3 is 1. The third-order valence-corrected chi connectivity index (χ3v) is 5.64. The molecule has 1 aliphatic rings. The second kappa shape index (κ2) is 6.93. The second-order valence-corrected chi connectivity index (χ2v) is 7.16. The smallest absolute Gasteiger partial charge is 0.119 e. The molecule has 0 unspecified atom stereocenters. The average molecular weight is 338 g/mol. The number of fused-ring (bicyclic) bond motifs is 1.